The van der Waals surface area contributed by atoms with E-state index in [-0.39, 0.29) is 0 Å². The van der Waals surface area contributed by atoms with E-state index < -0.39 is 0 Å². The molecule has 57 heavy (non-hydrogen) atoms. The summed E-state index contributed by atoms with van der Waals surface area (Å²) < 4.78 is 8.98. The lowest BCUT2D eigenvalue weighted by Crippen LogP contribution is -1.91. The van der Waals surface area contributed by atoms with E-state index in [1.807, 2.05) is 41.7 Å². The van der Waals surface area contributed by atoms with Crippen molar-refractivity contribution in [1.29, 1.82) is 0 Å². The van der Waals surface area contributed by atoms with Crippen LogP contribution in [0.1, 0.15) is 0 Å². The highest BCUT2D eigenvalue weighted by atomic mass is 32.1. The first kappa shape index (κ1) is 34.3. The fourth-order valence-corrected chi connectivity index (χ4v) is 8.77. The highest BCUT2D eigenvalue weighted by molar-refractivity contribution is 7.25. The van der Waals surface area contributed by atoms with Crippen LogP contribution in [0.5, 0.6) is 0 Å². The topological polar surface area (TPSA) is 25.2 Å². The van der Waals surface area contributed by atoms with Gasteiger partial charge in [-0.15, -0.1) is 11.3 Å². The third kappa shape index (κ3) is 6.97. The molecule has 0 saturated carbocycles. The average molecular weight is 748 g/mol. The van der Waals surface area contributed by atoms with Crippen molar-refractivity contribution in [2.45, 2.75) is 0 Å². The summed E-state index contributed by atoms with van der Waals surface area (Å²) in [7, 11) is 0. The fourth-order valence-electron chi connectivity index (χ4n) is 7.68. The van der Waals surface area contributed by atoms with Crippen molar-refractivity contribution in [2.24, 2.45) is 0 Å². The Labute approximate surface area is 335 Å². The van der Waals surface area contributed by atoms with Gasteiger partial charge in [-0.05, 0) is 105 Å². The van der Waals surface area contributed by atoms with Gasteiger partial charge in [0.15, 0.2) is 0 Å². The van der Waals surface area contributed by atoms with Gasteiger partial charge in [0.25, 0.3) is 0 Å². The largest absolute Gasteiger partial charge is 0.456 e. The number of fused-ring (bicyclic) bond motifs is 6. The van der Waals surface area contributed by atoms with Crippen molar-refractivity contribution in [3.8, 4) is 44.5 Å². The van der Waals surface area contributed by atoms with Gasteiger partial charge in [0.1, 0.15) is 11.2 Å². The Morgan fingerprint density at radius 3 is 1.40 bits per heavy atom. The van der Waals surface area contributed by atoms with E-state index >= 15 is 0 Å². The Morgan fingerprint density at radius 1 is 0.298 bits per heavy atom. The Hall–Kier alpha value is -7.20. The molecule has 0 fully saturated rings. The molecule has 0 amide bonds. The number of hydrogen-bond acceptors (Lipinski definition) is 3. The summed E-state index contributed by atoms with van der Waals surface area (Å²) in [6.45, 7) is 0. The molecular formula is C54H37NOS. The summed E-state index contributed by atoms with van der Waals surface area (Å²) in [5.74, 6) is 0. The zero-order valence-corrected chi connectivity index (χ0v) is 31.9. The van der Waals surface area contributed by atoms with Crippen molar-refractivity contribution < 1.29 is 4.42 Å². The third-order valence-electron chi connectivity index (χ3n) is 10.6. The Balaban J connectivity index is 0.000000282. The minimum atomic E-state index is 0.901. The quantitative estimate of drug-likeness (QED) is 0.183. The van der Waals surface area contributed by atoms with E-state index in [4.69, 9.17) is 4.42 Å². The Morgan fingerprint density at radius 2 is 0.772 bits per heavy atom. The van der Waals surface area contributed by atoms with E-state index in [1.165, 1.54) is 53.6 Å². The molecule has 0 atom stereocenters. The molecule has 9 aromatic carbocycles. The van der Waals surface area contributed by atoms with Crippen molar-refractivity contribution in [1.82, 2.24) is 0 Å². The monoisotopic (exact) mass is 747 g/mol. The molecule has 11 aromatic rings. The average Bonchev–Trinajstić information content (AvgIpc) is 3.85. The number of furan rings is 1. The zero-order valence-electron chi connectivity index (χ0n) is 31.1. The first-order valence-electron chi connectivity index (χ1n) is 19.2. The van der Waals surface area contributed by atoms with Gasteiger partial charge in [-0.25, -0.2) is 0 Å². The molecule has 0 radical (unpaired) electrons. The molecule has 0 spiro atoms. The number of anilines is 2. The summed E-state index contributed by atoms with van der Waals surface area (Å²) in [5.41, 5.74) is 13.6. The lowest BCUT2D eigenvalue weighted by atomic mass is 9.92. The number of para-hydroxylation sites is 1. The van der Waals surface area contributed by atoms with Crippen molar-refractivity contribution in [2.75, 3.05) is 5.32 Å². The van der Waals surface area contributed by atoms with Crippen LogP contribution in [-0.2, 0) is 0 Å². The van der Waals surface area contributed by atoms with Gasteiger partial charge in [0, 0.05) is 42.3 Å². The summed E-state index contributed by atoms with van der Waals surface area (Å²) in [6, 6.07) is 77.0. The lowest BCUT2D eigenvalue weighted by molar-refractivity contribution is 0.669. The van der Waals surface area contributed by atoms with E-state index in [0.29, 0.717) is 0 Å². The van der Waals surface area contributed by atoms with Crippen LogP contribution >= 0.6 is 11.3 Å². The summed E-state index contributed by atoms with van der Waals surface area (Å²) in [5, 5.41) is 8.46. The van der Waals surface area contributed by atoms with E-state index in [1.54, 1.807) is 0 Å². The van der Waals surface area contributed by atoms with Gasteiger partial charge in [0.05, 0.1) is 0 Å². The maximum Gasteiger partial charge on any atom is 0.136 e. The molecule has 0 saturated heterocycles. The number of rotatable bonds is 6. The predicted octanol–water partition coefficient (Wildman–Crippen LogP) is 16.1. The molecule has 0 unspecified atom stereocenters. The summed E-state index contributed by atoms with van der Waals surface area (Å²) in [4.78, 5) is 0. The summed E-state index contributed by atoms with van der Waals surface area (Å²) in [6.07, 6.45) is 0. The van der Waals surface area contributed by atoms with Crippen LogP contribution in [0.3, 0.4) is 0 Å². The van der Waals surface area contributed by atoms with Crippen LogP contribution in [0.4, 0.5) is 11.4 Å². The molecule has 0 aliphatic heterocycles. The minimum absolute atomic E-state index is 0.901. The van der Waals surface area contributed by atoms with Gasteiger partial charge in [-0.3, -0.25) is 0 Å². The van der Waals surface area contributed by atoms with Crippen LogP contribution in [0.15, 0.2) is 223 Å². The standard InChI is InChI=1S/C42H27NOS.C12H10/c1-2-8-27(9-3-1)28-14-19-31(20-15-28)43-32-21-16-29(17-22-32)36-26-40-37(33-10-4-6-12-39(33)44-40)25-35(36)30-18-23-42-38(24-30)34-11-5-7-13-41(34)45-42;1-3-7-11(8-4-1)12-9-5-2-6-10-12/h1-26,43H;1-10H. The van der Waals surface area contributed by atoms with Crippen molar-refractivity contribution in [3.63, 3.8) is 0 Å². The molecule has 1 N–H and O–H groups in total. The van der Waals surface area contributed by atoms with Crippen LogP contribution in [0.25, 0.3) is 86.6 Å². The maximum absolute atomic E-state index is 6.35. The van der Waals surface area contributed by atoms with Crippen LogP contribution in [0.2, 0.25) is 0 Å². The lowest BCUT2D eigenvalue weighted by Gasteiger charge is -2.13. The Bertz CT molecular complexity index is 3070. The SMILES string of the molecule is c1ccc(-c2ccc(Nc3ccc(-c4cc5oc6ccccc6c5cc4-c4ccc5sc6ccccc6c5c4)cc3)cc2)cc1.c1ccc(-c2ccccc2)cc1. The smallest absolute Gasteiger partial charge is 0.136 e. The van der Waals surface area contributed by atoms with Gasteiger partial charge < -0.3 is 9.73 Å². The molecule has 2 aromatic heterocycles. The highest BCUT2D eigenvalue weighted by Gasteiger charge is 2.16. The first-order chi connectivity index (χ1) is 28.2. The maximum atomic E-state index is 6.35. The number of thiophene rings is 1. The Kier molecular flexibility index (Phi) is 9.11. The molecule has 2 nitrogen and oxygen atoms in total. The zero-order chi connectivity index (χ0) is 38.0. The number of hydrogen-bond donors (Lipinski definition) is 1. The number of benzene rings is 9. The van der Waals surface area contributed by atoms with Crippen molar-refractivity contribution in [3.05, 3.63) is 218 Å². The van der Waals surface area contributed by atoms with Gasteiger partial charge >= 0.3 is 0 Å². The van der Waals surface area contributed by atoms with Gasteiger partial charge in [-0.1, -0.05) is 158 Å². The fraction of sp³-hybridized carbons (Fsp3) is 0. The third-order valence-corrected chi connectivity index (χ3v) is 11.7. The molecule has 11 rings (SSSR count). The molecule has 0 aliphatic carbocycles. The van der Waals surface area contributed by atoms with E-state index in [0.717, 1.165) is 44.4 Å². The molecular weight excluding hydrogens is 711 g/mol. The van der Waals surface area contributed by atoms with Gasteiger partial charge in [-0.2, -0.15) is 0 Å². The molecule has 3 heteroatoms. The minimum Gasteiger partial charge on any atom is -0.456 e. The normalized spacial score (nSPS) is 11.2. The second kappa shape index (κ2) is 15.1. The molecule has 270 valence electrons. The van der Waals surface area contributed by atoms with Crippen LogP contribution in [0, 0.1) is 0 Å². The van der Waals surface area contributed by atoms with Crippen LogP contribution < -0.4 is 5.32 Å². The van der Waals surface area contributed by atoms with E-state index in [2.05, 4.69) is 193 Å². The van der Waals surface area contributed by atoms with E-state index in [9.17, 15) is 0 Å². The summed E-state index contributed by atoms with van der Waals surface area (Å²) >= 11 is 1.85. The second-order valence-electron chi connectivity index (χ2n) is 14.2. The predicted molar refractivity (Wildman–Crippen MR) is 245 cm³/mol. The molecule has 0 bridgehead atoms. The van der Waals surface area contributed by atoms with Gasteiger partial charge in [0.2, 0.25) is 0 Å². The second-order valence-corrected chi connectivity index (χ2v) is 15.3. The number of nitrogens with one attached hydrogen (secondary N) is 1. The highest BCUT2D eigenvalue weighted by Crippen LogP contribution is 2.42. The first-order valence-corrected chi connectivity index (χ1v) is 20.1. The van der Waals surface area contributed by atoms with Crippen LogP contribution in [-0.4, -0.2) is 0 Å². The molecule has 0 aliphatic rings. The van der Waals surface area contributed by atoms with Crippen molar-refractivity contribution >= 4 is 64.8 Å². The molecule has 2 heterocycles.